The summed E-state index contributed by atoms with van der Waals surface area (Å²) in [4.78, 5) is 23.9. The molecule has 5 nitrogen and oxygen atoms in total. The second kappa shape index (κ2) is 8.16. The summed E-state index contributed by atoms with van der Waals surface area (Å²) in [5.74, 6) is -0.507. The zero-order valence-corrected chi connectivity index (χ0v) is 15.7. The van der Waals surface area contributed by atoms with Gasteiger partial charge in [-0.25, -0.2) is 9.59 Å². The predicted octanol–water partition coefficient (Wildman–Crippen LogP) is 4.02. The van der Waals surface area contributed by atoms with Crippen molar-refractivity contribution >= 4 is 23.4 Å². The summed E-state index contributed by atoms with van der Waals surface area (Å²) in [6, 6.07) is 9.14. The minimum absolute atomic E-state index is 0.329. The Morgan fingerprint density at radius 2 is 1.80 bits per heavy atom. The molecule has 1 aromatic heterocycles. The molecule has 0 saturated carbocycles. The van der Waals surface area contributed by atoms with Crippen molar-refractivity contribution in [2.75, 3.05) is 7.11 Å². The van der Waals surface area contributed by atoms with Gasteiger partial charge >= 0.3 is 12.1 Å². The molecule has 0 fully saturated rings. The second-order valence-electron chi connectivity index (χ2n) is 6.64. The Kier molecular flexibility index (Phi) is 6.20. The van der Waals surface area contributed by atoms with Gasteiger partial charge in [0.25, 0.3) is 0 Å². The highest BCUT2D eigenvalue weighted by molar-refractivity contribution is 7.08. The molecule has 134 valence electrons. The molecule has 1 aromatic carbocycles. The highest BCUT2D eigenvalue weighted by Crippen LogP contribution is 2.22. The quantitative estimate of drug-likeness (QED) is 0.817. The van der Waals surface area contributed by atoms with Crippen LogP contribution in [0.25, 0.3) is 11.1 Å². The molecule has 1 heterocycles. The molecule has 0 saturated heterocycles. The third kappa shape index (κ3) is 5.90. The number of hydrogen-bond donors (Lipinski definition) is 1. The fourth-order valence-electron chi connectivity index (χ4n) is 2.28. The average Bonchev–Trinajstić information content (AvgIpc) is 3.07. The van der Waals surface area contributed by atoms with Crippen molar-refractivity contribution in [1.29, 1.82) is 0 Å². The monoisotopic (exact) mass is 361 g/mol. The van der Waals surface area contributed by atoms with Crippen LogP contribution in [0, 0.1) is 0 Å². The van der Waals surface area contributed by atoms with Crippen LogP contribution in [-0.4, -0.2) is 30.8 Å². The molecular formula is C19H23NO4S. The van der Waals surface area contributed by atoms with Crippen LogP contribution < -0.4 is 5.32 Å². The van der Waals surface area contributed by atoms with Crippen molar-refractivity contribution < 1.29 is 19.1 Å². The van der Waals surface area contributed by atoms with E-state index in [1.54, 1.807) is 32.1 Å². The van der Waals surface area contributed by atoms with Gasteiger partial charge in [0, 0.05) is 6.42 Å². The summed E-state index contributed by atoms with van der Waals surface area (Å²) in [6.07, 6.45) is -0.312. The molecule has 0 bridgehead atoms. The Labute approximate surface area is 152 Å². The summed E-state index contributed by atoms with van der Waals surface area (Å²) in [6.45, 7) is 5.30. The number of methoxy groups -OCH3 is 1. The number of ether oxygens (including phenoxy) is 2. The van der Waals surface area contributed by atoms with E-state index in [1.165, 1.54) is 7.11 Å². The van der Waals surface area contributed by atoms with E-state index in [2.05, 4.69) is 16.8 Å². The Balaban J connectivity index is 2.06. The van der Waals surface area contributed by atoms with Gasteiger partial charge in [0.1, 0.15) is 11.6 Å². The van der Waals surface area contributed by atoms with Gasteiger partial charge in [-0.15, -0.1) is 0 Å². The first-order valence-electron chi connectivity index (χ1n) is 7.97. The van der Waals surface area contributed by atoms with Crippen LogP contribution >= 0.6 is 11.3 Å². The fraction of sp³-hybridized carbons (Fsp3) is 0.368. The lowest BCUT2D eigenvalue weighted by atomic mass is 10.0. The number of alkyl carbamates (subject to hydrolysis) is 1. The van der Waals surface area contributed by atoms with E-state index in [0.29, 0.717) is 6.42 Å². The van der Waals surface area contributed by atoms with Gasteiger partial charge < -0.3 is 14.8 Å². The topological polar surface area (TPSA) is 64.6 Å². The highest BCUT2D eigenvalue weighted by Gasteiger charge is 2.25. The van der Waals surface area contributed by atoms with Gasteiger partial charge in [0.15, 0.2) is 0 Å². The Morgan fingerprint density at radius 1 is 1.12 bits per heavy atom. The standard InChI is InChI=1S/C19H23NO4S/c1-19(2,3)24-18(22)20-16(17(21)23-4)11-13-5-7-14(8-6-13)15-9-10-25-12-15/h5-10,12,16H,11H2,1-4H3,(H,20,22)/t16-/m0/s1. The first-order valence-corrected chi connectivity index (χ1v) is 8.91. The van der Waals surface area contributed by atoms with E-state index in [0.717, 1.165) is 16.7 Å². The lowest BCUT2D eigenvalue weighted by Gasteiger charge is -2.22. The van der Waals surface area contributed by atoms with E-state index in [-0.39, 0.29) is 0 Å². The minimum Gasteiger partial charge on any atom is -0.467 e. The number of esters is 1. The lowest BCUT2D eigenvalue weighted by Crippen LogP contribution is -2.45. The molecule has 2 aromatic rings. The smallest absolute Gasteiger partial charge is 0.408 e. The number of carbonyl (C=O) groups excluding carboxylic acids is 2. The molecule has 1 amide bonds. The van der Waals surface area contributed by atoms with Crippen LogP contribution in [0.1, 0.15) is 26.3 Å². The zero-order valence-electron chi connectivity index (χ0n) is 14.9. The molecule has 0 spiro atoms. The third-order valence-corrected chi connectivity index (χ3v) is 4.11. The number of hydrogen-bond acceptors (Lipinski definition) is 5. The maximum Gasteiger partial charge on any atom is 0.408 e. The molecule has 1 atom stereocenters. The fourth-order valence-corrected chi connectivity index (χ4v) is 2.95. The van der Waals surface area contributed by atoms with Gasteiger partial charge in [0.05, 0.1) is 7.11 Å². The van der Waals surface area contributed by atoms with Gasteiger partial charge in [-0.2, -0.15) is 11.3 Å². The second-order valence-corrected chi connectivity index (χ2v) is 7.42. The predicted molar refractivity (Wildman–Crippen MR) is 98.6 cm³/mol. The number of thiophene rings is 1. The first-order chi connectivity index (χ1) is 11.8. The molecule has 25 heavy (non-hydrogen) atoms. The number of amides is 1. The summed E-state index contributed by atoms with van der Waals surface area (Å²) in [7, 11) is 1.30. The van der Waals surface area contributed by atoms with E-state index in [9.17, 15) is 9.59 Å². The largest absolute Gasteiger partial charge is 0.467 e. The number of nitrogens with one attached hydrogen (secondary N) is 1. The van der Waals surface area contributed by atoms with Gasteiger partial charge in [-0.3, -0.25) is 0 Å². The van der Waals surface area contributed by atoms with Gasteiger partial charge in [0.2, 0.25) is 0 Å². The molecular weight excluding hydrogens is 338 g/mol. The molecule has 1 N–H and O–H groups in total. The normalized spacial score (nSPS) is 12.3. The molecule has 0 unspecified atom stereocenters. The van der Waals surface area contributed by atoms with Crippen LogP contribution in [0.3, 0.4) is 0 Å². The van der Waals surface area contributed by atoms with Crippen molar-refractivity contribution in [1.82, 2.24) is 5.32 Å². The number of rotatable bonds is 5. The van der Waals surface area contributed by atoms with Crippen molar-refractivity contribution in [3.05, 3.63) is 46.7 Å². The van der Waals surface area contributed by atoms with Crippen LogP contribution in [-0.2, 0) is 20.7 Å². The van der Waals surface area contributed by atoms with E-state index in [1.807, 2.05) is 29.6 Å². The van der Waals surface area contributed by atoms with Gasteiger partial charge in [-0.05, 0) is 54.3 Å². The molecule has 2 rings (SSSR count). The minimum atomic E-state index is -0.799. The van der Waals surface area contributed by atoms with E-state index in [4.69, 9.17) is 9.47 Å². The molecule has 6 heteroatoms. The van der Waals surface area contributed by atoms with Crippen LogP contribution in [0.15, 0.2) is 41.1 Å². The summed E-state index contributed by atoms with van der Waals surface area (Å²) < 4.78 is 10.0. The molecule has 0 aliphatic heterocycles. The SMILES string of the molecule is COC(=O)[C@H](Cc1ccc(-c2ccsc2)cc1)NC(=O)OC(C)(C)C. The molecule has 0 aliphatic carbocycles. The lowest BCUT2D eigenvalue weighted by molar-refractivity contribution is -0.143. The van der Waals surface area contributed by atoms with E-state index >= 15 is 0 Å². The highest BCUT2D eigenvalue weighted by atomic mass is 32.1. The number of carbonyl (C=O) groups is 2. The molecule has 0 aliphatic rings. The van der Waals surface area contributed by atoms with Crippen LogP contribution in [0.5, 0.6) is 0 Å². The maximum absolute atomic E-state index is 12.0. The number of benzene rings is 1. The van der Waals surface area contributed by atoms with Crippen molar-refractivity contribution in [2.45, 2.75) is 38.8 Å². The first kappa shape index (κ1) is 19.0. The van der Waals surface area contributed by atoms with E-state index < -0.39 is 23.7 Å². The molecule has 0 radical (unpaired) electrons. The average molecular weight is 361 g/mol. The summed E-state index contributed by atoms with van der Waals surface area (Å²) in [5.41, 5.74) is 2.56. The van der Waals surface area contributed by atoms with Crippen molar-refractivity contribution in [3.8, 4) is 11.1 Å². The van der Waals surface area contributed by atoms with Crippen LogP contribution in [0.2, 0.25) is 0 Å². The maximum atomic E-state index is 12.0. The zero-order chi connectivity index (χ0) is 18.4. The third-order valence-electron chi connectivity index (χ3n) is 3.42. The Morgan fingerprint density at radius 3 is 2.32 bits per heavy atom. The summed E-state index contributed by atoms with van der Waals surface area (Å²) in [5, 5.41) is 6.69. The Hall–Kier alpha value is -2.34. The summed E-state index contributed by atoms with van der Waals surface area (Å²) >= 11 is 1.64. The Bertz CT molecular complexity index is 702. The van der Waals surface area contributed by atoms with Gasteiger partial charge in [-0.1, -0.05) is 24.3 Å². The van der Waals surface area contributed by atoms with Crippen molar-refractivity contribution in [2.24, 2.45) is 0 Å². The van der Waals surface area contributed by atoms with Crippen LogP contribution in [0.4, 0.5) is 4.79 Å². The van der Waals surface area contributed by atoms with Crippen molar-refractivity contribution in [3.63, 3.8) is 0 Å².